The summed E-state index contributed by atoms with van der Waals surface area (Å²) < 4.78 is 1.54. The minimum atomic E-state index is -0.395. The Morgan fingerprint density at radius 1 is 1.14 bits per heavy atom. The molecule has 2 aromatic carbocycles. The summed E-state index contributed by atoms with van der Waals surface area (Å²) in [5, 5.41) is 19.1. The first-order valence-corrected chi connectivity index (χ1v) is 6.38. The van der Waals surface area contributed by atoms with Gasteiger partial charge in [0.1, 0.15) is 5.69 Å². The van der Waals surface area contributed by atoms with Crippen LogP contribution in [0, 0.1) is 17.0 Å². The first-order chi connectivity index (χ1) is 10.1. The molecule has 0 radical (unpaired) electrons. The predicted octanol–water partition coefficient (Wildman–Crippen LogP) is 3.15. The van der Waals surface area contributed by atoms with Crippen LogP contribution in [0.1, 0.15) is 5.56 Å². The fraction of sp³-hybridized carbons (Fsp3) is 0.0667. The van der Waals surface area contributed by atoms with E-state index in [1.165, 1.54) is 10.7 Å². The third-order valence-corrected chi connectivity index (χ3v) is 3.22. The molecule has 3 rings (SSSR count). The van der Waals surface area contributed by atoms with Crippen LogP contribution in [0.25, 0.3) is 16.9 Å². The Kier molecular flexibility index (Phi) is 3.19. The van der Waals surface area contributed by atoms with Crippen molar-refractivity contribution in [2.75, 3.05) is 0 Å². The lowest BCUT2D eigenvalue weighted by Crippen LogP contribution is -1.98. The summed E-state index contributed by atoms with van der Waals surface area (Å²) in [6.45, 7) is 1.71. The highest BCUT2D eigenvalue weighted by molar-refractivity contribution is 5.58. The number of nitro groups is 1. The fourth-order valence-corrected chi connectivity index (χ4v) is 2.07. The largest absolute Gasteiger partial charge is 0.274 e. The van der Waals surface area contributed by atoms with Gasteiger partial charge in [0.05, 0.1) is 16.8 Å². The van der Waals surface area contributed by atoms with Gasteiger partial charge in [0.15, 0.2) is 0 Å². The van der Waals surface area contributed by atoms with Crippen LogP contribution in [-0.4, -0.2) is 19.9 Å². The van der Waals surface area contributed by atoms with E-state index in [1.54, 1.807) is 25.3 Å². The van der Waals surface area contributed by atoms with Crippen molar-refractivity contribution in [3.8, 4) is 16.9 Å². The highest BCUT2D eigenvalue weighted by Gasteiger charge is 2.13. The van der Waals surface area contributed by atoms with Crippen LogP contribution in [0.15, 0.2) is 54.7 Å². The lowest BCUT2D eigenvalue weighted by Gasteiger charge is -2.02. The van der Waals surface area contributed by atoms with Gasteiger partial charge in [0.2, 0.25) is 0 Å². The van der Waals surface area contributed by atoms with Gasteiger partial charge in [-0.1, -0.05) is 41.6 Å². The van der Waals surface area contributed by atoms with Crippen molar-refractivity contribution in [3.63, 3.8) is 0 Å². The number of aryl methyl sites for hydroxylation is 1. The SMILES string of the molecule is Cc1ccc(-n2cc(-c3ccccc3)nn2)cc1[N+](=O)[O-]. The van der Waals surface area contributed by atoms with E-state index in [0.717, 1.165) is 11.3 Å². The average Bonchev–Trinajstić information content (AvgIpc) is 2.98. The van der Waals surface area contributed by atoms with E-state index in [1.807, 2.05) is 30.3 Å². The van der Waals surface area contributed by atoms with Gasteiger partial charge in [-0.3, -0.25) is 10.1 Å². The maximum atomic E-state index is 11.0. The summed E-state index contributed by atoms with van der Waals surface area (Å²) in [6, 6.07) is 14.6. The second-order valence-electron chi connectivity index (χ2n) is 4.64. The summed E-state index contributed by atoms with van der Waals surface area (Å²) >= 11 is 0. The number of benzene rings is 2. The van der Waals surface area contributed by atoms with Gasteiger partial charge in [-0.25, -0.2) is 4.68 Å². The lowest BCUT2D eigenvalue weighted by atomic mass is 10.1. The minimum absolute atomic E-state index is 0.0734. The Labute approximate surface area is 120 Å². The quantitative estimate of drug-likeness (QED) is 0.545. The van der Waals surface area contributed by atoms with Crippen LogP contribution in [0.4, 0.5) is 5.69 Å². The molecule has 104 valence electrons. The third-order valence-electron chi connectivity index (χ3n) is 3.22. The van der Waals surface area contributed by atoms with Crippen LogP contribution in [-0.2, 0) is 0 Å². The molecular weight excluding hydrogens is 268 g/mol. The molecule has 0 atom stereocenters. The summed E-state index contributed by atoms with van der Waals surface area (Å²) in [7, 11) is 0. The molecule has 21 heavy (non-hydrogen) atoms. The molecular formula is C15H12N4O2. The van der Waals surface area contributed by atoms with Gasteiger partial charge in [0, 0.05) is 17.2 Å². The number of aromatic nitrogens is 3. The molecule has 0 fully saturated rings. The van der Waals surface area contributed by atoms with Crippen LogP contribution in [0.2, 0.25) is 0 Å². The van der Waals surface area contributed by atoms with E-state index in [4.69, 9.17) is 0 Å². The van der Waals surface area contributed by atoms with E-state index in [-0.39, 0.29) is 5.69 Å². The van der Waals surface area contributed by atoms with E-state index in [2.05, 4.69) is 10.3 Å². The van der Waals surface area contributed by atoms with Gasteiger partial charge in [-0.2, -0.15) is 0 Å². The second kappa shape index (κ2) is 5.16. The van der Waals surface area contributed by atoms with E-state index in [0.29, 0.717) is 11.3 Å². The monoisotopic (exact) mass is 280 g/mol. The zero-order valence-corrected chi connectivity index (χ0v) is 11.3. The molecule has 1 heterocycles. The van der Waals surface area contributed by atoms with Gasteiger partial charge >= 0.3 is 0 Å². The molecule has 0 aliphatic rings. The Bertz CT molecular complexity index is 796. The molecule has 0 bridgehead atoms. The van der Waals surface area contributed by atoms with Crippen molar-refractivity contribution in [1.82, 2.24) is 15.0 Å². The summed E-state index contributed by atoms with van der Waals surface area (Å²) in [5.74, 6) is 0. The van der Waals surface area contributed by atoms with Crippen molar-refractivity contribution >= 4 is 5.69 Å². The van der Waals surface area contributed by atoms with Gasteiger partial charge in [0.25, 0.3) is 5.69 Å². The molecule has 1 aromatic heterocycles. The summed E-state index contributed by atoms with van der Waals surface area (Å²) in [4.78, 5) is 10.6. The number of nitrogens with zero attached hydrogens (tertiary/aromatic N) is 4. The van der Waals surface area contributed by atoms with Crippen LogP contribution < -0.4 is 0 Å². The normalized spacial score (nSPS) is 10.5. The number of rotatable bonds is 3. The van der Waals surface area contributed by atoms with Gasteiger partial charge < -0.3 is 0 Å². The highest BCUT2D eigenvalue weighted by atomic mass is 16.6. The average molecular weight is 280 g/mol. The zero-order chi connectivity index (χ0) is 14.8. The summed E-state index contributed by atoms with van der Waals surface area (Å²) in [5.41, 5.74) is 2.97. The maximum absolute atomic E-state index is 11.0. The van der Waals surface area contributed by atoms with Crippen molar-refractivity contribution in [2.24, 2.45) is 0 Å². The predicted molar refractivity (Wildman–Crippen MR) is 78.2 cm³/mol. The highest BCUT2D eigenvalue weighted by Crippen LogP contribution is 2.22. The van der Waals surface area contributed by atoms with Crippen molar-refractivity contribution < 1.29 is 4.92 Å². The van der Waals surface area contributed by atoms with Crippen LogP contribution in [0.5, 0.6) is 0 Å². The Hall–Kier alpha value is -3.02. The van der Waals surface area contributed by atoms with E-state index in [9.17, 15) is 10.1 Å². The molecule has 0 saturated heterocycles. The molecule has 0 aliphatic carbocycles. The van der Waals surface area contributed by atoms with E-state index >= 15 is 0 Å². The Morgan fingerprint density at radius 2 is 1.90 bits per heavy atom. The van der Waals surface area contributed by atoms with E-state index < -0.39 is 4.92 Å². The first-order valence-electron chi connectivity index (χ1n) is 6.38. The molecule has 0 amide bonds. The molecule has 3 aromatic rings. The Balaban J connectivity index is 2.01. The lowest BCUT2D eigenvalue weighted by molar-refractivity contribution is -0.385. The maximum Gasteiger partial charge on any atom is 0.274 e. The second-order valence-corrected chi connectivity index (χ2v) is 4.64. The molecule has 0 N–H and O–H groups in total. The number of hydrogen-bond donors (Lipinski definition) is 0. The van der Waals surface area contributed by atoms with Crippen LogP contribution in [0.3, 0.4) is 0 Å². The molecule has 0 aliphatic heterocycles. The van der Waals surface area contributed by atoms with Crippen molar-refractivity contribution in [1.29, 1.82) is 0 Å². The van der Waals surface area contributed by atoms with Gasteiger partial charge in [-0.15, -0.1) is 5.10 Å². The van der Waals surface area contributed by atoms with Crippen LogP contribution >= 0.6 is 0 Å². The number of hydrogen-bond acceptors (Lipinski definition) is 4. The number of nitro benzene ring substituents is 1. The molecule has 0 unspecified atom stereocenters. The first kappa shape index (κ1) is 13.0. The zero-order valence-electron chi connectivity index (χ0n) is 11.3. The summed E-state index contributed by atoms with van der Waals surface area (Å²) in [6.07, 6.45) is 1.75. The Morgan fingerprint density at radius 3 is 2.62 bits per heavy atom. The molecule has 0 saturated carbocycles. The smallest absolute Gasteiger partial charge is 0.258 e. The fourth-order valence-electron chi connectivity index (χ4n) is 2.07. The topological polar surface area (TPSA) is 73.8 Å². The van der Waals surface area contributed by atoms with Crippen molar-refractivity contribution in [2.45, 2.75) is 6.92 Å². The molecule has 0 spiro atoms. The minimum Gasteiger partial charge on any atom is -0.258 e. The van der Waals surface area contributed by atoms with Crippen molar-refractivity contribution in [3.05, 3.63) is 70.4 Å². The molecule has 6 heteroatoms. The standard InChI is InChI=1S/C15H12N4O2/c1-11-7-8-13(9-15(11)19(20)21)18-10-14(16-17-18)12-5-3-2-4-6-12/h2-10H,1H3. The van der Waals surface area contributed by atoms with Gasteiger partial charge in [-0.05, 0) is 13.0 Å². The molecule has 6 nitrogen and oxygen atoms in total. The third kappa shape index (κ3) is 2.51.